The average molecular weight is 301 g/mol. The van der Waals surface area contributed by atoms with Gasteiger partial charge in [0.05, 0.1) is 0 Å². The van der Waals surface area contributed by atoms with E-state index < -0.39 is 0 Å². The number of likely N-dealkylation sites (N-methyl/N-ethyl adjacent to an activating group) is 1. The number of para-hydroxylation sites is 1. The summed E-state index contributed by atoms with van der Waals surface area (Å²) in [5.74, 6) is 1.15. The van der Waals surface area contributed by atoms with Gasteiger partial charge in [0.25, 0.3) is 5.91 Å². The molecule has 1 atom stereocenters. The number of halogens is 1. The van der Waals surface area contributed by atoms with Crippen molar-refractivity contribution in [1.82, 2.24) is 10.6 Å². The third kappa shape index (κ3) is 6.26. The Morgan fingerprint density at radius 2 is 2.00 bits per heavy atom. The molecule has 1 amide bonds. The van der Waals surface area contributed by atoms with Crippen LogP contribution in [0.15, 0.2) is 24.3 Å². The molecule has 0 fully saturated rings. The van der Waals surface area contributed by atoms with Crippen molar-refractivity contribution in [3.05, 3.63) is 29.8 Å². The molecule has 0 radical (unpaired) electrons. The smallest absolute Gasteiger partial charge is 0.257 e. The van der Waals surface area contributed by atoms with Crippen LogP contribution in [0.25, 0.3) is 0 Å². The van der Waals surface area contributed by atoms with Crippen LogP contribution in [-0.4, -0.2) is 32.7 Å². The highest BCUT2D eigenvalue weighted by Crippen LogP contribution is 2.28. The van der Waals surface area contributed by atoms with Gasteiger partial charge in [-0.3, -0.25) is 4.79 Å². The maximum Gasteiger partial charge on any atom is 0.257 e. The van der Waals surface area contributed by atoms with Gasteiger partial charge in [-0.05, 0) is 31.0 Å². The van der Waals surface area contributed by atoms with Crippen molar-refractivity contribution >= 4 is 18.3 Å². The number of hydrogen-bond donors (Lipinski definition) is 2. The first-order valence-corrected chi connectivity index (χ1v) is 6.82. The fraction of sp³-hybridized carbons (Fsp3) is 0.533. The van der Waals surface area contributed by atoms with Crippen LogP contribution in [0, 0.1) is 0 Å². The van der Waals surface area contributed by atoms with E-state index in [9.17, 15) is 4.79 Å². The molecule has 2 N–H and O–H groups in total. The molecule has 0 saturated carbocycles. The molecule has 0 aliphatic carbocycles. The van der Waals surface area contributed by atoms with Crippen molar-refractivity contribution in [2.75, 3.05) is 26.7 Å². The van der Waals surface area contributed by atoms with Crippen LogP contribution in [0.4, 0.5) is 0 Å². The summed E-state index contributed by atoms with van der Waals surface area (Å²) < 4.78 is 5.62. The lowest BCUT2D eigenvalue weighted by molar-refractivity contribution is -0.123. The van der Waals surface area contributed by atoms with E-state index >= 15 is 0 Å². The summed E-state index contributed by atoms with van der Waals surface area (Å²) in [5.41, 5.74) is 1.16. The molecule has 1 rings (SSSR count). The predicted molar refractivity (Wildman–Crippen MR) is 84.8 cm³/mol. The third-order valence-electron chi connectivity index (χ3n) is 3.12. The van der Waals surface area contributed by atoms with E-state index in [4.69, 9.17) is 4.74 Å². The minimum absolute atomic E-state index is 0. The molecule has 0 spiro atoms. The summed E-state index contributed by atoms with van der Waals surface area (Å²) in [5, 5.41) is 5.76. The topological polar surface area (TPSA) is 50.4 Å². The Labute approximate surface area is 127 Å². The second kappa shape index (κ2) is 10.5. The first-order chi connectivity index (χ1) is 9.19. The molecule has 0 bridgehead atoms. The first kappa shape index (κ1) is 18.7. The number of hydrogen-bond acceptors (Lipinski definition) is 3. The second-order valence-corrected chi connectivity index (χ2v) is 4.59. The Morgan fingerprint density at radius 3 is 2.65 bits per heavy atom. The quantitative estimate of drug-likeness (QED) is 0.725. The molecule has 0 aliphatic rings. The standard InChI is InChI=1S/C15H24N2O2.ClH/c1-4-12(2)13-7-5-6-8-14(13)19-11-15(18)17-10-9-16-3;/h5-8,12,16H,4,9-11H2,1-3H3,(H,17,18);1H. The van der Waals surface area contributed by atoms with Crippen molar-refractivity contribution in [2.45, 2.75) is 26.2 Å². The molecule has 1 aromatic rings. The van der Waals surface area contributed by atoms with Gasteiger partial charge in [0.2, 0.25) is 0 Å². The molecular formula is C15H25ClN2O2. The zero-order chi connectivity index (χ0) is 14.1. The van der Waals surface area contributed by atoms with Crippen molar-refractivity contribution in [3.63, 3.8) is 0 Å². The molecule has 1 aromatic carbocycles. The number of ether oxygens (including phenoxy) is 1. The molecule has 4 nitrogen and oxygen atoms in total. The zero-order valence-corrected chi connectivity index (χ0v) is 13.3. The molecular weight excluding hydrogens is 276 g/mol. The van der Waals surface area contributed by atoms with Crippen LogP contribution in [0.1, 0.15) is 31.7 Å². The van der Waals surface area contributed by atoms with Gasteiger partial charge in [0.15, 0.2) is 6.61 Å². The summed E-state index contributed by atoms with van der Waals surface area (Å²) in [6, 6.07) is 7.91. The Hall–Kier alpha value is -1.26. The fourth-order valence-electron chi connectivity index (χ4n) is 1.76. The van der Waals surface area contributed by atoms with Crippen molar-refractivity contribution in [2.24, 2.45) is 0 Å². The summed E-state index contributed by atoms with van der Waals surface area (Å²) in [6.45, 7) is 5.75. The highest BCUT2D eigenvalue weighted by atomic mass is 35.5. The number of nitrogens with one attached hydrogen (secondary N) is 2. The second-order valence-electron chi connectivity index (χ2n) is 4.59. The monoisotopic (exact) mass is 300 g/mol. The number of rotatable bonds is 8. The van der Waals surface area contributed by atoms with Crippen LogP contribution in [-0.2, 0) is 4.79 Å². The lowest BCUT2D eigenvalue weighted by Gasteiger charge is -2.15. The van der Waals surface area contributed by atoms with Gasteiger partial charge in [-0.1, -0.05) is 32.0 Å². The lowest BCUT2D eigenvalue weighted by Crippen LogP contribution is -2.33. The summed E-state index contributed by atoms with van der Waals surface area (Å²) in [4.78, 5) is 11.6. The van der Waals surface area contributed by atoms with E-state index in [-0.39, 0.29) is 24.9 Å². The normalized spacial score (nSPS) is 11.3. The minimum Gasteiger partial charge on any atom is -0.483 e. The van der Waals surface area contributed by atoms with E-state index in [0.29, 0.717) is 12.5 Å². The Bertz CT molecular complexity index is 399. The maximum atomic E-state index is 11.6. The molecule has 0 aliphatic heterocycles. The van der Waals surface area contributed by atoms with E-state index in [1.54, 1.807) is 0 Å². The fourth-order valence-corrected chi connectivity index (χ4v) is 1.76. The zero-order valence-electron chi connectivity index (χ0n) is 12.4. The van der Waals surface area contributed by atoms with Crippen LogP contribution < -0.4 is 15.4 Å². The van der Waals surface area contributed by atoms with Gasteiger partial charge < -0.3 is 15.4 Å². The Morgan fingerprint density at radius 1 is 1.30 bits per heavy atom. The van der Waals surface area contributed by atoms with Gasteiger partial charge >= 0.3 is 0 Å². The van der Waals surface area contributed by atoms with E-state index in [0.717, 1.165) is 24.3 Å². The van der Waals surface area contributed by atoms with Crippen molar-refractivity contribution in [1.29, 1.82) is 0 Å². The van der Waals surface area contributed by atoms with Gasteiger partial charge in [-0.15, -0.1) is 12.4 Å². The van der Waals surface area contributed by atoms with Crippen LogP contribution >= 0.6 is 12.4 Å². The summed E-state index contributed by atoms with van der Waals surface area (Å²) in [6.07, 6.45) is 1.05. The minimum atomic E-state index is -0.0887. The number of benzene rings is 1. The molecule has 114 valence electrons. The van der Waals surface area contributed by atoms with Gasteiger partial charge in [0.1, 0.15) is 5.75 Å². The van der Waals surface area contributed by atoms with Crippen molar-refractivity contribution in [3.8, 4) is 5.75 Å². The largest absolute Gasteiger partial charge is 0.483 e. The summed E-state index contributed by atoms with van der Waals surface area (Å²) in [7, 11) is 1.85. The van der Waals surface area contributed by atoms with Gasteiger partial charge in [-0.2, -0.15) is 0 Å². The molecule has 0 saturated heterocycles. The van der Waals surface area contributed by atoms with Crippen molar-refractivity contribution < 1.29 is 9.53 Å². The van der Waals surface area contributed by atoms with E-state index in [1.165, 1.54) is 0 Å². The van der Waals surface area contributed by atoms with Gasteiger partial charge in [0, 0.05) is 13.1 Å². The average Bonchev–Trinajstić information content (AvgIpc) is 2.45. The maximum absolute atomic E-state index is 11.6. The highest BCUT2D eigenvalue weighted by Gasteiger charge is 2.10. The predicted octanol–water partition coefficient (Wildman–Crippen LogP) is 2.34. The number of amides is 1. The third-order valence-corrected chi connectivity index (χ3v) is 3.12. The van der Waals surface area contributed by atoms with Crippen LogP contribution in [0.2, 0.25) is 0 Å². The van der Waals surface area contributed by atoms with Crippen LogP contribution in [0.3, 0.4) is 0 Å². The number of carbonyl (C=O) groups excluding carboxylic acids is 1. The Balaban J connectivity index is 0.00000361. The number of carbonyl (C=O) groups is 1. The van der Waals surface area contributed by atoms with E-state index in [1.807, 2.05) is 25.2 Å². The van der Waals surface area contributed by atoms with E-state index in [2.05, 4.69) is 30.5 Å². The lowest BCUT2D eigenvalue weighted by atomic mass is 9.98. The van der Waals surface area contributed by atoms with Gasteiger partial charge in [-0.25, -0.2) is 0 Å². The summed E-state index contributed by atoms with van der Waals surface area (Å²) >= 11 is 0. The SMILES string of the molecule is CCC(C)c1ccccc1OCC(=O)NCCNC.Cl. The Kier molecular flexibility index (Phi) is 9.86. The first-order valence-electron chi connectivity index (χ1n) is 6.82. The molecule has 20 heavy (non-hydrogen) atoms. The molecule has 1 unspecified atom stereocenters. The molecule has 5 heteroatoms. The highest BCUT2D eigenvalue weighted by molar-refractivity contribution is 5.85. The molecule has 0 heterocycles. The molecule has 0 aromatic heterocycles. The van der Waals surface area contributed by atoms with Crippen LogP contribution in [0.5, 0.6) is 5.75 Å².